The second kappa shape index (κ2) is 9.86. The predicted molar refractivity (Wildman–Crippen MR) is 119 cm³/mol. The third-order valence-corrected chi connectivity index (χ3v) is 6.06. The first kappa shape index (κ1) is 21.2. The number of nitrogens with zero attached hydrogens (tertiary/aromatic N) is 1. The van der Waals surface area contributed by atoms with Crippen LogP contribution >= 0.6 is 0 Å². The van der Waals surface area contributed by atoms with Crippen molar-refractivity contribution in [3.63, 3.8) is 0 Å². The number of piperidine rings is 1. The van der Waals surface area contributed by atoms with Gasteiger partial charge in [-0.05, 0) is 56.2 Å². The summed E-state index contributed by atoms with van der Waals surface area (Å²) in [6, 6.07) is 14.3. The van der Waals surface area contributed by atoms with Gasteiger partial charge in [-0.2, -0.15) is 0 Å². The van der Waals surface area contributed by atoms with Crippen molar-refractivity contribution in [2.75, 3.05) is 19.0 Å². The first-order chi connectivity index (χ1) is 15.2. The molecule has 1 aliphatic carbocycles. The molecule has 1 aliphatic heterocycles. The van der Waals surface area contributed by atoms with Gasteiger partial charge in [-0.1, -0.05) is 30.3 Å². The summed E-state index contributed by atoms with van der Waals surface area (Å²) < 4.78 is 11.6. The molecule has 4 rings (SSSR count). The maximum atomic E-state index is 13.4. The molecule has 0 radical (unpaired) electrons. The first-order valence-electron chi connectivity index (χ1n) is 11.2. The zero-order valence-corrected chi connectivity index (χ0v) is 18.0. The van der Waals surface area contributed by atoms with Gasteiger partial charge in [-0.3, -0.25) is 9.59 Å². The molecule has 1 N–H and O–H groups in total. The molecule has 1 saturated carbocycles. The van der Waals surface area contributed by atoms with Crippen molar-refractivity contribution < 1.29 is 19.1 Å². The summed E-state index contributed by atoms with van der Waals surface area (Å²) in [6.45, 7) is 0.588. The van der Waals surface area contributed by atoms with Gasteiger partial charge in [0, 0.05) is 24.7 Å². The van der Waals surface area contributed by atoms with Gasteiger partial charge in [-0.15, -0.1) is 0 Å². The third-order valence-electron chi connectivity index (χ3n) is 6.06. The molecule has 1 atom stereocenters. The van der Waals surface area contributed by atoms with Crippen LogP contribution < -0.4 is 14.8 Å². The highest BCUT2D eigenvalue weighted by Gasteiger charge is 2.32. The molecule has 0 spiro atoms. The topological polar surface area (TPSA) is 67.9 Å². The number of nitrogens with one attached hydrogen (secondary N) is 1. The van der Waals surface area contributed by atoms with E-state index in [2.05, 4.69) is 5.32 Å². The summed E-state index contributed by atoms with van der Waals surface area (Å²) in [5, 5.41) is 3.01. The van der Waals surface area contributed by atoms with Gasteiger partial charge >= 0.3 is 0 Å². The van der Waals surface area contributed by atoms with E-state index in [1.165, 1.54) is 12.8 Å². The van der Waals surface area contributed by atoms with Crippen LogP contribution in [0.25, 0.3) is 0 Å². The summed E-state index contributed by atoms with van der Waals surface area (Å²) >= 11 is 0. The van der Waals surface area contributed by atoms with E-state index in [4.69, 9.17) is 9.47 Å². The smallest absolute Gasteiger partial charge is 0.251 e. The number of methoxy groups -OCH3 is 1. The normalized spacial score (nSPS) is 18.0. The lowest BCUT2D eigenvalue weighted by Gasteiger charge is -2.34. The van der Waals surface area contributed by atoms with E-state index in [0.29, 0.717) is 30.2 Å². The number of likely N-dealkylation sites (tertiary alicyclic amines) is 1. The molecule has 2 aliphatic rings. The maximum absolute atomic E-state index is 13.4. The minimum atomic E-state index is -0.657. The van der Waals surface area contributed by atoms with E-state index in [1.807, 2.05) is 42.5 Å². The molecule has 1 unspecified atom stereocenters. The van der Waals surface area contributed by atoms with Crippen LogP contribution in [-0.2, 0) is 9.59 Å². The molecule has 2 fully saturated rings. The van der Waals surface area contributed by atoms with Crippen molar-refractivity contribution in [2.24, 2.45) is 0 Å². The number of benzene rings is 2. The lowest BCUT2D eigenvalue weighted by Crippen LogP contribution is -2.43. The van der Waals surface area contributed by atoms with Crippen molar-refractivity contribution >= 4 is 17.5 Å². The van der Waals surface area contributed by atoms with Crippen LogP contribution in [0, 0.1) is 0 Å². The number of carbonyl (C=O) groups is 2. The van der Waals surface area contributed by atoms with Crippen LogP contribution in [-0.4, -0.2) is 36.5 Å². The molecule has 31 heavy (non-hydrogen) atoms. The summed E-state index contributed by atoms with van der Waals surface area (Å²) in [7, 11) is 1.61. The lowest BCUT2D eigenvalue weighted by molar-refractivity contribution is -0.141. The number of carbonyl (C=O) groups excluding carboxylic acids is 2. The van der Waals surface area contributed by atoms with Crippen LogP contribution in [0.1, 0.15) is 56.6 Å². The molecular weight excluding hydrogens is 392 g/mol. The first-order valence-corrected chi connectivity index (χ1v) is 11.2. The van der Waals surface area contributed by atoms with Crippen LogP contribution in [0.5, 0.6) is 11.5 Å². The molecule has 2 aromatic carbocycles. The Labute approximate surface area is 183 Å². The van der Waals surface area contributed by atoms with E-state index in [1.54, 1.807) is 18.1 Å². The third kappa shape index (κ3) is 5.01. The van der Waals surface area contributed by atoms with Gasteiger partial charge in [0.05, 0.1) is 13.2 Å². The SMILES string of the molecule is COc1ccc(NC(=O)C(c2ccccc2)N2CCCCC2=O)cc1OC1CCCC1. The highest BCUT2D eigenvalue weighted by atomic mass is 16.5. The van der Waals surface area contributed by atoms with Gasteiger partial charge in [0.25, 0.3) is 5.91 Å². The minimum Gasteiger partial charge on any atom is -0.493 e. The van der Waals surface area contributed by atoms with E-state index in [0.717, 1.165) is 31.2 Å². The molecule has 0 bridgehead atoms. The Bertz CT molecular complexity index is 909. The fraction of sp³-hybridized carbons (Fsp3) is 0.440. The van der Waals surface area contributed by atoms with E-state index in [-0.39, 0.29) is 17.9 Å². The lowest BCUT2D eigenvalue weighted by atomic mass is 10.0. The molecular formula is C25H30N2O4. The number of rotatable bonds is 7. The standard InChI is InChI=1S/C25H30N2O4/c1-30-21-15-14-19(17-22(21)31-20-11-5-6-12-20)26-25(29)24(18-9-3-2-4-10-18)27-16-8-7-13-23(27)28/h2-4,9-10,14-15,17,20,24H,5-8,11-13,16H2,1H3,(H,26,29). The molecule has 6 heteroatoms. The molecule has 1 saturated heterocycles. The molecule has 1 heterocycles. The predicted octanol–water partition coefficient (Wildman–Crippen LogP) is 4.71. The molecule has 0 aromatic heterocycles. The second-order valence-corrected chi connectivity index (χ2v) is 8.24. The van der Waals surface area contributed by atoms with Crippen LogP contribution in [0.2, 0.25) is 0 Å². The summed E-state index contributed by atoms with van der Waals surface area (Å²) in [5.74, 6) is 1.09. The second-order valence-electron chi connectivity index (χ2n) is 8.24. The van der Waals surface area contributed by atoms with Gasteiger partial charge < -0.3 is 19.7 Å². The van der Waals surface area contributed by atoms with Crippen LogP contribution in [0.4, 0.5) is 5.69 Å². The molecule has 2 amide bonds. The summed E-state index contributed by atoms with van der Waals surface area (Å²) in [4.78, 5) is 27.7. The Morgan fingerprint density at radius 2 is 1.81 bits per heavy atom. The number of hydrogen-bond donors (Lipinski definition) is 1. The Morgan fingerprint density at radius 1 is 1.03 bits per heavy atom. The average Bonchev–Trinajstić information content (AvgIpc) is 3.29. The quantitative estimate of drug-likeness (QED) is 0.702. The van der Waals surface area contributed by atoms with Crippen molar-refractivity contribution in [2.45, 2.75) is 57.1 Å². The Balaban J connectivity index is 1.57. The molecule has 164 valence electrons. The zero-order chi connectivity index (χ0) is 21.6. The number of ether oxygens (including phenoxy) is 2. The number of amides is 2. The highest BCUT2D eigenvalue weighted by Crippen LogP contribution is 2.35. The van der Waals surface area contributed by atoms with Crippen molar-refractivity contribution in [1.29, 1.82) is 0 Å². The molecule has 6 nitrogen and oxygen atoms in total. The van der Waals surface area contributed by atoms with E-state index in [9.17, 15) is 9.59 Å². The minimum absolute atomic E-state index is 0.0234. The van der Waals surface area contributed by atoms with Gasteiger partial charge in [0.15, 0.2) is 11.5 Å². The zero-order valence-electron chi connectivity index (χ0n) is 18.0. The fourth-order valence-corrected chi connectivity index (χ4v) is 4.45. The van der Waals surface area contributed by atoms with E-state index >= 15 is 0 Å². The largest absolute Gasteiger partial charge is 0.493 e. The highest BCUT2D eigenvalue weighted by molar-refractivity contribution is 5.98. The van der Waals surface area contributed by atoms with Crippen LogP contribution in [0.3, 0.4) is 0 Å². The van der Waals surface area contributed by atoms with Crippen molar-refractivity contribution in [3.8, 4) is 11.5 Å². The number of hydrogen-bond acceptors (Lipinski definition) is 4. The van der Waals surface area contributed by atoms with Gasteiger partial charge in [0.1, 0.15) is 6.04 Å². The maximum Gasteiger partial charge on any atom is 0.251 e. The Kier molecular flexibility index (Phi) is 6.75. The summed E-state index contributed by atoms with van der Waals surface area (Å²) in [5.41, 5.74) is 1.44. The van der Waals surface area contributed by atoms with Gasteiger partial charge in [-0.25, -0.2) is 0 Å². The monoisotopic (exact) mass is 422 g/mol. The van der Waals surface area contributed by atoms with Crippen molar-refractivity contribution in [3.05, 3.63) is 54.1 Å². The fourth-order valence-electron chi connectivity index (χ4n) is 4.45. The van der Waals surface area contributed by atoms with E-state index < -0.39 is 6.04 Å². The molecule has 2 aromatic rings. The van der Waals surface area contributed by atoms with Gasteiger partial charge in [0.2, 0.25) is 5.91 Å². The number of anilines is 1. The van der Waals surface area contributed by atoms with Crippen molar-refractivity contribution in [1.82, 2.24) is 4.90 Å². The Hall–Kier alpha value is -3.02. The van der Waals surface area contributed by atoms with Crippen LogP contribution in [0.15, 0.2) is 48.5 Å². The summed E-state index contributed by atoms with van der Waals surface area (Å²) in [6.07, 6.45) is 6.86. The Morgan fingerprint density at radius 3 is 2.52 bits per heavy atom. The average molecular weight is 423 g/mol.